The Morgan fingerprint density at radius 2 is 1.76 bits per heavy atom. The van der Waals surface area contributed by atoms with Gasteiger partial charge in [-0.15, -0.1) is 0 Å². The third kappa shape index (κ3) is 5.32. The first-order chi connectivity index (χ1) is 16.8. The second-order valence-electron chi connectivity index (χ2n) is 8.86. The van der Waals surface area contributed by atoms with Gasteiger partial charge in [-0.1, -0.05) is 30.7 Å². The number of aromatic nitrogens is 1. The van der Waals surface area contributed by atoms with Crippen LogP contribution in [0.2, 0.25) is 0 Å². The number of nitrogens with one attached hydrogen (secondary N) is 1. The molecule has 34 heavy (non-hydrogen) atoms. The Balaban J connectivity index is 1.29. The molecule has 178 valence electrons. The van der Waals surface area contributed by atoms with Crippen LogP contribution in [0, 0.1) is 0 Å². The fourth-order valence-corrected chi connectivity index (χ4v) is 4.69. The molecule has 0 bridgehead atoms. The number of likely N-dealkylation sites (tertiary alicyclic amines) is 1. The summed E-state index contributed by atoms with van der Waals surface area (Å²) in [7, 11) is 0. The number of benzene rings is 2. The quantitative estimate of drug-likeness (QED) is 0.570. The SMILES string of the molecule is O=C(Nc1ccc(OCCN2CCCCC2)c2ccccc12)c1ccnc(N2CCOCC2)c1. The summed E-state index contributed by atoms with van der Waals surface area (Å²) in [4.78, 5) is 22.2. The molecule has 7 heteroatoms. The molecule has 1 N–H and O–H groups in total. The van der Waals surface area contributed by atoms with Gasteiger partial charge in [0, 0.05) is 47.9 Å². The first-order valence-corrected chi connectivity index (χ1v) is 12.2. The maximum absolute atomic E-state index is 13.1. The number of morpholine rings is 1. The number of piperidine rings is 1. The van der Waals surface area contributed by atoms with E-state index < -0.39 is 0 Å². The van der Waals surface area contributed by atoms with Gasteiger partial charge in [-0.2, -0.15) is 0 Å². The molecule has 2 saturated heterocycles. The van der Waals surface area contributed by atoms with Crippen LogP contribution in [0.5, 0.6) is 5.75 Å². The van der Waals surface area contributed by atoms with Crippen molar-refractivity contribution in [2.45, 2.75) is 19.3 Å². The first kappa shape index (κ1) is 22.6. The number of fused-ring (bicyclic) bond motifs is 1. The largest absolute Gasteiger partial charge is 0.492 e. The van der Waals surface area contributed by atoms with Crippen LogP contribution in [0.15, 0.2) is 54.7 Å². The van der Waals surface area contributed by atoms with Crippen LogP contribution < -0.4 is 15.0 Å². The minimum absolute atomic E-state index is 0.152. The number of rotatable bonds is 7. The van der Waals surface area contributed by atoms with E-state index in [1.54, 1.807) is 12.3 Å². The Labute approximate surface area is 200 Å². The van der Waals surface area contributed by atoms with E-state index in [1.807, 2.05) is 42.5 Å². The fourth-order valence-electron chi connectivity index (χ4n) is 4.69. The molecule has 1 amide bonds. The van der Waals surface area contributed by atoms with E-state index in [1.165, 1.54) is 19.3 Å². The highest BCUT2D eigenvalue weighted by atomic mass is 16.5. The zero-order valence-electron chi connectivity index (χ0n) is 19.5. The second-order valence-corrected chi connectivity index (χ2v) is 8.86. The van der Waals surface area contributed by atoms with Crippen molar-refractivity contribution >= 4 is 28.2 Å². The van der Waals surface area contributed by atoms with Crippen molar-refractivity contribution in [3.05, 3.63) is 60.3 Å². The molecule has 3 heterocycles. The van der Waals surface area contributed by atoms with Gasteiger partial charge in [0.15, 0.2) is 0 Å². The van der Waals surface area contributed by atoms with Crippen molar-refractivity contribution in [3.8, 4) is 5.75 Å². The summed E-state index contributed by atoms with van der Waals surface area (Å²) in [6, 6.07) is 15.5. The fraction of sp³-hybridized carbons (Fsp3) is 0.407. The normalized spacial score (nSPS) is 17.0. The van der Waals surface area contributed by atoms with Gasteiger partial charge in [0.1, 0.15) is 18.2 Å². The molecule has 2 aromatic carbocycles. The number of amides is 1. The summed E-state index contributed by atoms with van der Waals surface area (Å²) >= 11 is 0. The molecular formula is C27H32N4O3. The van der Waals surface area contributed by atoms with Crippen LogP contribution in [0.4, 0.5) is 11.5 Å². The molecule has 0 aliphatic carbocycles. The molecule has 7 nitrogen and oxygen atoms in total. The molecule has 3 aromatic rings. The van der Waals surface area contributed by atoms with Crippen LogP contribution in [0.25, 0.3) is 10.8 Å². The Kier molecular flexibility index (Phi) is 7.22. The van der Waals surface area contributed by atoms with Gasteiger partial charge in [-0.05, 0) is 50.2 Å². The number of hydrogen-bond donors (Lipinski definition) is 1. The number of nitrogens with zero attached hydrogens (tertiary/aromatic N) is 3. The highest BCUT2D eigenvalue weighted by Crippen LogP contribution is 2.32. The van der Waals surface area contributed by atoms with Crippen molar-refractivity contribution in [2.75, 3.05) is 62.8 Å². The first-order valence-electron chi connectivity index (χ1n) is 12.2. The summed E-state index contributed by atoms with van der Waals surface area (Å²) in [6.07, 6.45) is 5.59. The molecule has 2 fully saturated rings. The van der Waals surface area contributed by atoms with Crippen LogP contribution >= 0.6 is 0 Å². The highest BCUT2D eigenvalue weighted by molar-refractivity contribution is 6.10. The summed E-state index contributed by atoms with van der Waals surface area (Å²) < 4.78 is 11.6. The minimum atomic E-state index is -0.152. The lowest BCUT2D eigenvalue weighted by atomic mass is 10.1. The van der Waals surface area contributed by atoms with Crippen LogP contribution in [0.3, 0.4) is 0 Å². The minimum Gasteiger partial charge on any atom is -0.492 e. The molecule has 0 saturated carbocycles. The monoisotopic (exact) mass is 460 g/mol. The lowest BCUT2D eigenvalue weighted by molar-refractivity contribution is 0.102. The number of carbonyl (C=O) groups is 1. The molecule has 2 aliphatic rings. The molecular weight excluding hydrogens is 428 g/mol. The lowest BCUT2D eigenvalue weighted by Gasteiger charge is -2.27. The van der Waals surface area contributed by atoms with E-state index in [-0.39, 0.29) is 5.91 Å². The smallest absolute Gasteiger partial charge is 0.255 e. The Hall–Kier alpha value is -3.16. The number of anilines is 2. The van der Waals surface area contributed by atoms with Crippen LogP contribution in [-0.4, -0.2) is 68.3 Å². The van der Waals surface area contributed by atoms with E-state index in [0.717, 1.165) is 60.8 Å². The molecule has 2 aliphatic heterocycles. The van der Waals surface area contributed by atoms with Gasteiger partial charge >= 0.3 is 0 Å². The molecule has 5 rings (SSSR count). The van der Waals surface area contributed by atoms with Crippen LogP contribution in [0.1, 0.15) is 29.6 Å². The van der Waals surface area contributed by atoms with E-state index in [2.05, 4.69) is 20.1 Å². The Morgan fingerprint density at radius 3 is 2.59 bits per heavy atom. The topological polar surface area (TPSA) is 66.9 Å². The predicted molar refractivity (Wildman–Crippen MR) is 135 cm³/mol. The van der Waals surface area contributed by atoms with E-state index in [9.17, 15) is 4.79 Å². The third-order valence-electron chi connectivity index (χ3n) is 6.59. The van der Waals surface area contributed by atoms with Gasteiger partial charge in [0.25, 0.3) is 5.91 Å². The van der Waals surface area contributed by atoms with E-state index >= 15 is 0 Å². The summed E-state index contributed by atoms with van der Waals surface area (Å²) in [5.41, 5.74) is 1.36. The predicted octanol–water partition coefficient (Wildman–Crippen LogP) is 4.19. The number of ether oxygens (including phenoxy) is 2. The zero-order chi connectivity index (χ0) is 23.2. The lowest BCUT2D eigenvalue weighted by Crippen LogP contribution is -2.36. The van der Waals surface area contributed by atoms with Gasteiger partial charge in [0.2, 0.25) is 0 Å². The number of carbonyl (C=O) groups excluding carboxylic acids is 1. The standard InChI is InChI=1S/C27H32N4O3/c32-27(21-10-11-28-26(20-21)31-15-17-33-18-16-31)29-24-8-9-25(23-7-3-2-6-22(23)24)34-19-14-30-12-4-1-5-13-30/h2-3,6-11,20H,1,4-5,12-19H2,(H,29,32). The molecule has 0 unspecified atom stereocenters. The van der Waals surface area contributed by atoms with Crippen molar-refractivity contribution in [1.29, 1.82) is 0 Å². The maximum atomic E-state index is 13.1. The Morgan fingerprint density at radius 1 is 0.971 bits per heavy atom. The van der Waals surface area contributed by atoms with Crippen molar-refractivity contribution in [2.24, 2.45) is 0 Å². The summed E-state index contributed by atoms with van der Waals surface area (Å²) in [5, 5.41) is 5.06. The van der Waals surface area contributed by atoms with Gasteiger partial charge in [0.05, 0.1) is 13.2 Å². The highest BCUT2D eigenvalue weighted by Gasteiger charge is 2.16. The van der Waals surface area contributed by atoms with Gasteiger partial charge in [-0.25, -0.2) is 4.98 Å². The molecule has 0 atom stereocenters. The van der Waals surface area contributed by atoms with Crippen LogP contribution in [-0.2, 0) is 4.74 Å². The maximum Gasteiger partial charge on any atom is 0.255 e. The Bertz CT molecular complexity index is 1120. The summed E-state index contributed by atoms with van der Waals surface area (Å²) in [6.45, 7) is 6.85. The number of pyridine rings is 1. The second kappa shape index (κ2) is 10.8. The van der Waals surface area contributed by atoms with Crippen molar-refractivity contribution in [3.63, 3.8) is 0 Å². The molecule has 1 aromatic heterocycles. The third-order valence-corrected chi connectivity index (χ3v) is 6.59. The summed E-state index contributed by atoms with van der Waals surface area (Å²) in [5.74, 6) is 1.50. The molecule has 0 radical (unpaired) electrons. The average Bonchev–Trinajstić information content (AvgIpc) is 2.91. The average molecular weight is 461 g/mol. The zero-order valence-corrected chi connectivity index (χ0v) is 19.5. The van der Waals surface area contributed by atoms with Gasteiger partial charge < -0.3 is 19.7 Å². The van der Waals surface area contributed by atoms with Crippen molar-refractivity contribution in [1.82, 2.24) is 9.88 Å². The van der Waals surface area contributed by atoms with E-state index in [4.69, 9.17) is 9.47 Å². The van der Waals surface area contributed by atoms with Crippen molar-refractivity contribution < 1.29 is 14.3 Å². The van der Waals surface area contributed by atoms with E-state index in [0.29, 0.717) is 25.4 Å². The van der Waals surface area contributed by atoms with Gasteiger partial charge in [-0.3, -0.25) is 9.69 Å². The number of hydrogen-bond acceptors (Lipinski definition) is 6. The molecule has 0 spiro atoms.